The van der Waals surface area contributed by atoms with Crippen LogP contribution in [0.25, 0.3) is 21.3 Å². The zero-order valence-corrected chi connectivity index (χ0v) is 16.6. The molecule has 0 unspecified atom stereocenters. The number of aryl methyl sites for hydroxylation is 4. The highest BCUT2D eigenvalue weighted by atomic mass is 32.1. The Morgan fingerprint density at radius 1 is 0.846 bits per heavy atom. The topological polar surface area (TPSA) is 12.9 Å². The molecule has 1 nitrogen and oxygen atoms in total. The molecule has 0 bridgehead atoms. The lowest BCUT2D eigenvalue weighted by Crippen LogP contribution is -2.06. The molecule has 0 saturated heterocycles. The van der Waals surface area contributed by atoms with Crippen molar-refractivity contribution in [1.29, 1.82) is 0 Å². The van der Waals surface area contributed by atoms with Gasteiger partial charge in [-0.15, -0.1) is 11.3 Å². The SMILES string of the molecule is Cc1cccc(-c2c3c(nc4sc5c(c24)CCCC5)CCCCCC3)c1. The number of fused-ring (bicyclic) bond motifs is 4. The molecule has 0 N–H and O–H groups in total. The van der Waals surface area contributed by atoms with Crippen molar-refractivity contribution in [2.75, 3.05) is 0 Å². The highest BCUT2D eigenvalue weighted by Crippen LogP contribution is 2.44. The number of nitrogens with zero attached hydrogens (tertiary/aromatic N) is 1. The van der Waals surface area contributed by atoms with E-state index in [1.165, 1.54) is 90.4 Å². The molecule has 2 aromatic heterocycles. The minimum Gasteiger partial charge on any atom is -0.242 e. The normalized spacial score (nSPS) is 17.4. The molecule has 0 fully saturated rings. The van der Waals surface area contributed by atoms with Crippen LogP contribution < -0.4 is 0 Å². The molecule has 3 aromatic rings. The van der Waals surface area contributed by atoms with Crippen molar-refractivity contribution < 1.29 is 0 Å². The second-order valence-electron chi connectivity index (χ2n) is 8.09. The van der Waals surface area contributed by atoms with Crippen LogP contribution in [0.4, 0.5) is 0 Å². The van der Waals surface area contributed by atoms with Gasteiger partial charge in [-0.05, 0) is 80.5 Å². The molecule has 0 aliphatic heterocycles. The molecule has 0 radical (unpaired) electrons. The Morgan fingerprint density at radius 3 is 2.50 bits per heavy atom. The van der Waals surface area contributed by atoms with E-state index in [9.17, 15) is 0 Å². The fraction of sp³-hybridized carbons (Fsp3) is 0.458. The lowest BCUT2D eigenvalue weighted by atomic mass is 9.86. The number of thiophene rings is 1. The summed E-state index contributed by atoms with van der Waals surface area (Å²) in [6.07, 6.45) is 12.9. The van der Waals surface area contributed by atoms with E-state index >= 15 is 0 Å². The van der Waals surface area contributed by atoms with Gasteiger partial charge in [-0.1, -0.05) is 42.7 Å². The summed E-state index contributed by atoms with van der Waals surface area (Å²) in [6, 6.07) is 9.16. The number of hydrogen-bond donors (Lipinski definition) is 0. The molecule has 5 rings (SSSR count). The van der Waals surface area contributed by atoms with E-state index in [1.54, 1.807) is 16.0 Å². The van der Waals surface area contributed by atoms with Crippen molar-refractivity contribution in [1.82, 2.24) is 4.98 Å². The monoisotopic (exact) mass is 361 g/mol. The predicted molar refractivity (Wildman–Crippen MR) is 112 cm³/mol. The van der Waals surface area contributed by atoms with E-state index in [-0.39, 0.29) is 0 Å². The molecule has 0 amide bonds. The van der Waals surface area contributed by atoms with Gasteiger partial charge in [0, 0.05) is 16.0 Å². The van der Waals surface area contributed by atoms with Crippen molar-refractivity contribution in [2.24, 2.45) is 0 Å². The van der Waals surface area contributed by atoms with Gasteiger partial charge in [0.25, 0.3) is 0 Å². The van der Waals surface area contributed by atoms with E-state index in [0.29, 0.717) is 0 Å². The summed E-state index contributed by atoms with van der Waals surface area (Å²) in [5, 5.41) is 1.51. The lowest BCUT2D eigenvalue weighted by Gasteiger charge is -2.20. The van der Waals surface area contributed by atoms with Crippen LogP contribution in [0.5, 0.6) is 0 Å². The molecule has 0 atom stereocenters. The Kier molecular flexibility index (Phi) is 4.32. The van der Waals surface area contributed by atoms with Crippen LogP contribution in [-0.2, 0) is 25.7 Å². The third-order valence-corrected chi connectivity index (χ3v) is 7.37. The lowest BCUT2D eigenvalue weighted by molar-refractivity contribution is 0.611. The Bertz CT molecular complexity index is 966. The van der Waals surface area contributed by atoms with E-state index in [4.69, 9.17) is 4.98 Å². The van der Waals surface area contributed by atoms with Crippen LogP contribution in [0.1, 0.15) is 65.8 Å². The van der Waals surface area contributed by atoms with Gasteiger partial charge in [-0.3, -0.25) is 0 Å². The van der Waals surface area contributed by atoms with Crippen LogP contribution in [0, 0.1) is 6.92 Å². The highest BCUT2D eigenvalue weighted by Gasteiger charge is 2.24. The van der Waals surface area contributed by atoms with Gasteiger partial charge in [0.15, 0.2) is 0 Å². The summed E-state index contributed by atoms with van der Waals surface area (Å²) in [5.74, 6) is 0. The first kappa shape index (κ1) is 16.5. The summed E-state index contributed by atoms with van der Waals surface area (Å²) in [5.41, 5.74) is 8.90. The molecule has 26 heavy (non-hydrogen) atoms. The zero-order valence-electron chi connectivity index (χ0n) is 15.7. The van der Waals surface area contributed by atoms with Gasteiger partial charge in [0.1, 0.15) is 4.83 Å². The average molecular weight is 362 g/mol. The van der Waals surface area contributed by atoms with Crippen LogP contribution >= 0.6 is 11.3 Å². The summed E-state index contributed by atoms with van der Waals surface area (Å²) in [4.78, 5) is 8.18. The molecule has 0 saturated carbocycles. The molecule has 2 heteroatoms. The number of hydrogen-bond acceptors (Lipinski definition) is 2. The maximum atomic E-state index is 5.25. The molecular weight excluding hydrogens is 334 g/mol. The minimum atomic E-state index is 1.16. The molecule has 2 aliphatic carbocycles. The summed E-state index contributed by atoms with van der Waals surface area (Å²) in [6.45, 7) is 2.22. The molecule has 0 spiro atoms. The largest absolute Gasteiger partial charge is 0.242 e. The highest BCUT2D eigenvalue weighted by molar-refractivity contribution is 7.19. The molecular formula is C24H27NS. The zero-order chi connectivity index (χ0) is 17.5. The predicted octanol–water partition coefficient (Wildman–Crippen LogP) is 6.81. The van der Waals surface area contributed by atoms with Gasteiger partial charge in [-0.25, -0.2) is 4.98 Å². The molecule has 2 aliphatic rings. The Balaban J connectivity index is 1.85. The Morgan fingerprint density at radius 2 is 1.62 bits per heavy atom. The van der Waals surface area contributed by atoms with Gasteiger partial charge >= 0.3 is 0 Å². The van der Waals surface area contributed by atoms with Crippen LogP contribution in [0.2, 0.25) is 0 Å². The van der Waals surface area contributed by atoms with Crippen molar-refractivity contribution in [3.05, 3.63) is 51.5 Å². The first-order valence-electron chi connectivity index (χ1n) is 10.3. The van der Waals surface area contributed by atoms with Gasteiger partial charge in [0.05, 0.1) is 0 Å². The number of rotatable bonds is 1. The van der Waals surface area contributed by atoms with E-state index < -0.39 is 0 Å². The van der Waals surface area contributed by atoms with Crippen molar-refractivity contribution in [2.45, 2.75) is 71.1 Å². The van der Waals surface area contributed by atoms with Gasteiger partial charge < -0.3 is 0 Å². The first-order chi connectivity index (χ1) is 12.8. The van der Waals surface area contributed by atoms with E-state index in [1.807, 2.05) is 11.3 Å². The van der Waals surface area contributed by atoms with Crippen LogP contribution in [0.15, 0.2) is 24.3 Å². The average Bonchev–Trinajstić information content (AvgIpc) is 2.99. The van der Waals surface area contributed by atoms with Crippen LogP contribution in [0.3, 0.4) is 0 Å². The second kappa shape index (κ2) is 6.81. The minimum absolute atomic E-state index is 1.16. The second-order valence-corrected chi connectivity index (χ2v) is 9.17. The molecule has 2 heterocycles. The Labute approximate surface area is 160 Å². The molecule has 134 valence electrons. The maximum Gasteiger partial charge on any atom is 0.124 e. The Hall–Kier alpha value is -1.67. The standard InChI is InChI=1S/C24H27NS/c1-16-9-8-10-17(15-16)22-18-11-4-2-3-5-13-20(18)25-24-23(22)19-12-6-7-14-21(19)26-24/h8-10,15H,2-7,11-14H2,1H3. The summed E-state index contributed by atoms with van der Waals surface area (Å²) in [7, 11) is 0. The quantitative estimate of drug-likeness (QED) is 0.464. The third-order valence-electron chi connectivity index (χ3n) is 6.19. The summed E-state index contributed by atoms with van der Waals surface area (Å²) < 4.78 is 0. The van der Waals surface area contributed by atoms with Crippen molar-refractivity contribution in [3.8, 4) is 11.1 Å². The fourth-order valence-corrected chi connectivity index (χ4v) is 6.21. The van der Waals surface area contributed by atoms with Crippen molar-refractivity contribution >= 4 is 21.6 Å². The maximum absolute atomic E-state index is 5.25. The molecule has 1 aromatic carbocycles. The number of aromatic nitrogens is 1. The first-order valence-corrected chi connectivity index (χ1v) is 11.2. The van der Waals surface area contributed by atoms with Gasteiger partial charge in [0.2, 0.25) is 0 Å². The summed E-state index contributed by atoms with van der Waals surface area (Å²) >= 11 is 1.99. The third kappa shape index (κ3) is 2.79. The van der Waals surface area contributed by atoms with Crippen LogP contribution in [-0.4, -0.2) is 4.98 Å². The number of pyridine rings is 1. The smallest absolute Gasteiger partial charge is 0.124 e. The number of benzene rings is 1. The van der Waals surface area contributed by atoms with E-state index in [0.717, 1.165) is 6.42 Å². The van der Waals surface area contributed by atoms with Gasteiger partial charge in [-0.2, -0.15) is 0 Å². The van der Waals surface area contributed by atoms with E-state index in [2.05, 4.69) is 31.2 Å². The van der Waals surface area contributed by atoms with Crippen molar-refractivity contribution in [3.63, 3.8) is 0 Å². The fourth-order valence-electron chi connectivity index (χ4n) is 4.92.